The van der Waals surface area contributed by atoms with Crippen LogP contribution in [0.2, 0.25) is 10.0 Å². The molecule has 0 aliphatic rings. The number of benzene rings is 2. The Kier molecular flexibility index (Phi) is 9.83. The van der Waals surface area contributed by atoms with E-state index in [-0.39, 0.29) is 17.6 Å². The summed E-state index contributed by atoms with van der Waals surface area (Å²) in [4.78, 5) is 26.9. The van der Waals surface area contributed by atoms with E-state index < -0.39 is 6.04 Å². The van der Waals surface area contributed by atoms with Gasteiger partial charge in [0, 0.05) is 23.3 Å². The molecule has 0 aliphatic heterocycles. The third-order valence-corrected chi connectivity index (χ3v) is 6.46. The van der Waals surface area contributed by atoms with E-state index in [0.29, 0.717) is 28.9 Å². The summed E-state index contributed by atoms with van der Waals surface area (Å²) in [5.74, 6) is 0.639. The molecule has 0 radical (unpaired) electrons. The van der Waals surface area contributed by atoms with Gasteiger partial charge < -0.3 is 10.2 Å². The molecule has 0 saturated heterocycles. The lowest BCUT2D eigenvalue weighted by atomic mass is 10.1. The highest BCUT2D eigenvalue weighted by molar-refractivity contribution is 9.10. The molecule has 1 atom stereocenters. The predicted molar refractivity (Wildman–Crippen MR) is 125 cm³/mol. The van der Waals surface area contributed by atoms with Crippen LogP contribution in [0.15, 0.2) is 46.9 Å². The average Bonchev–Trinajstić information content (AvgIpc) is 2.68. The highest BCUT2D eigenvalue weighted by Gasteiger charge is 2.25. The van der Waals surface area contributed by atoms with Gasteiger partial charge in [-0.15, -0.1) is 11.8 Å². The molecule has 0 spiro atoms. The van der Waals surface area contributed by atoms with E-state index in [2.05, 4.69) is 21.2 Å². The lowest BCUT2D eigenvalue weighted by molar-refractivity contribution is -0.138. The van der Waals surface area contributed by atoms with Gasteiger partial charge in [-0.25, -0.2) is 0 Å². The molecule has 8 heteroatoms. The largest absolute Gasteiger partial charge is 0.355 e. The fourth-order valence-corrected chi connectivity index (χ4v) is 4.33. The van der Waals surface area contributed by atoms with Crippen LogP contribution in [-0.2, 0) is 21.9 Å². The normalized spacial score (nSPS) is 11.8. The second-order valence-corrected chi connectivity index (χ2v) is 9.18. The van der Waals surface area contributed by atoms with E-state index in [9.17, 15) is 9.59 Å². The van der Waals surface area contributed by atoms with Crippen LogP contribution in [0.3, 0.4) is 0 Å². The van der Waals surface area contributed by atoms with Gasteiger partial charge in [0.05, 0.1) is 15.8 Å². The van der Waals surface area contributed by atoms with Crippen LogP contribution in [0.1, 0.15) is 25.0 Å². The van der Waals surface area contributed by atoms with Crippen LogP contribution in [0, 0.1) is 0 Å². The van der Waals surface area contributed by atoms with Crippen molar-refractivity contribution < 1.29 is 9.59 Å². The molecule has 0 bridgehead atoms. The van der Waals surface area contributed by atoms with E-state index in [1.807, 2.05) is 37.3 Å². The summed E-state index contributed by atoms with van der Waals surface area (Å²) in [5.41, 5.74) is 1.95. The number of carbonyl (C=O) groups is 2. The minimum Gasteiger partial charge on any atom is -0.355 e. The van der Waals surface area contributed by atoms with Crippen molar-refractivity contribution in [2.75, 3.05) is 12.3 Å². The minimum absolute atomic E-state index is 0.0891. The van der Waals surface area contributed by atoms with Gasteiger partial charge in [-0.3, -0.25) is 9.59 Å². The van der Waals surface area contributed by atoms with Crippen molar-refractivity contribution in [1.82, 2.24) is 10.2 Å². The number of hydrogen-bond donors (Lipinski definition) is 1. The molecule has 2 amide bonds. The SMILES string of the molecule is CCNC(=O)[C@@H](C)N(Cc1cccc(Br)c1)C(=O)CSCc1ccc(Cl)c(Cl)c1. The number of likely N-dealkylation sites (N-methyl/N-ethyl adjacent to an activating group) is 1. The van der Waals surface area contributed by atoms with Crippen LogP contribution >= 0.6 is 50.9 Å². The Morgan fingerprint density at radius 1 is 1.14 bits per heavy atom. The van der Waals surface area contributed by atoms with E-state index in [1.165, 1.54) is 11.8 Å². The maximum Gasteiger partial charge on any atom is 0.242 e. The fourth-order valence-electron chi connectivity index (χ4n) is 2.71. The Bertz CT molecular complexity index is 866. The maximum absolute atomic E-state index is 13.0. The average molecular weight is 518 g/mol. The van der Waals surface area contributed by atoms with Gasteiger partial charge in [0.15, 0.2) is 0 Å². The maximum atomic E-state index is 13.0. The van der Waals surface area contributed by atoms with Crippen molar-refractivity contribution >= 4 is 62.7 Å². The van der Waals surface area contributed by atoms with Crippen molar-refractivity contribution in [3.8, 4) is 0 Å². The molecule has 2 aromatic rings. The molecule has 4 nitrogen and oxygen atoms in total. The van der Waals surface area contributed by atoms with Crippen molar-refractivity contribution in [2.45, 2.75) is 32.2 Å². The lowest BCUT2D eigenvalue weighted by Gasteiger charge is -2.28. The van der Waals surface area contributed by atoms with E-state index >= 15 is 0 Å². The summed E-state index contributed by atoms with van der Waals surface area (Å²) in [6, 6.07) is 12.6. The van der Waals surface area contributed by atoms with E-state index in [0.717, 1.165) is 15.6 Å². The highest BCUT2D eigenvalue weighted by atomic mass is 79.9. The first-order chi connectivity index (χ1) is 13.8. The molecule has 2 rings (SSSR count). The molecule has 0 heterocycles. The van der Waals surface area contributed by atoms with Crippen molar-refractivity contribution in [1.29, 1.82) is 0 Å². The minimum atomic E-state index is -0.563. The third-order valence-electron chi connectivity index (χ3n) is 4.24. The Hall–Kier alpha value is -1.21. The molecule has 0 fully saturated rings. The van der Waals surface area contributed by atoms with Crippen LogP contribution in [-0.4, -0.2) is 35.1 Å². The molecule has 0 unspecified atom stereocenters. The summed E-state index contributed by atoms with van der Waals surface area (Å²) >= 11 is 16.9. The Labute approximate surface area is 194 Å². The third kappa shape index (κ3) is 7.52. The molecular weight excluding hydrogens is 495 g/mol. The first kappa shape index (κ1) is 24.1. The van der Waals surface area contributed by atoms with Gasteiger partial charge in [0.2, 0.25) is 11.8 Å². The summed E-state index contributed by atoms with van der Waals surface area (Å²) in [5, 5.41) is 3.80. The zero-order chi connectivity index (χ0) is 21.4. The molecule has 0 saturated carbocycles. The first-order valence-corrected chi connectivity index (χ1v) is 11.9. The summed E-state index contributed by atoms with van der Waals surface area (Å²) in [7, 11) is 0. The van der Waals surface area contributed by atoms with Crippen LogP contribution in [0.4, 0.5) is 0 Å². The summed E-state index contributed by atoms with van der Waals surface area (Å²) < 4.78 is 0.932. The number of hydrogen-bond acceptors (Lipinski definition) is 3. The van der Waals surface area contributed by atoms with Crippen molar-refractivity contribution in [2.24, 2.45) is 0 Å². The van der Waals surface area contributed by atoms with Gasteiger partial charge in [0.1, 0.15) is 6.04 Å². The number of thioether (sulfide) groups is 1. The molecule has 0 aliphatic carbocycles. The van der Waals surface area contributed by atoms with E-state index in [1.54, 1.807) is 24.0 Å². The van der Waals surface area contributed by atoms with Gasteiger partial charge in [-0.1, -0.05) is 57.3 Å². The van der Waals surface area contributed by atoms with Crippen LogP contribution < -0.4 is 5.32 Å². The smallest absolute Gasteiger partial charge is 0.242 e. The molecule has 29 heavy (non-hydrogen) atoms. The Morgan fingerprint density at radius 2 is 1.90 bits per heavy atom. The Balaban J connectivity index is 2.06. The standard InChI is InChI=1S/C21H23BrCl2N2O2S/c1-3-25-21(28)14(2)26(11-15-5-4-6-17(22)9-15)20(27)13-29-12-16-7-8-18(23)19(24)10-16/h4-10,14H,3,11-13H2,1-2H3,(H,25,28)/t14-/m1/s1. The van der Waals surface area contributed by atoms with Crippen LogP contribution in [0.5, 0.6) is 0 Å². The van der Waals surface area contributed by atoms with Crippen molar-refractivity contribution in [3.63, 3.8) is 0 Å². The number of halogens is 3. The number of nitrogens with one attached hydrogen (secondary N) is 1. The zero-order valence-electron chi connectivity index (χ0n) is 16.3. The number of carbonyl (C=O) groups excluding carboxylic acids is 2. The fraction of sp³-hybridized carbons (Fsp3) is 0.333. The summed E-state index contributed by atoms with van der Waals surface area (Å²) in [6.45, 7) is 4.50. The van der Waals surface area contributed by atoms with Gasteiger partial charge in [-0.05, 0) is 49.2 Å². The lowest BCUT2D eigenvalue weighted by Crippen LogP contribution is -2.48. The number of nitrogens with zero attached hydrogens (tertiary/aromatic N) is 1. The van der Waals surface area contributed by atoms with Gasteiger partial charge >= 0.3 is 0 Å². The zero-order valence-corrected chi connectivity index (χ0v) is 20.2. The van der Waals surface area contributed by atoms with E-state index in [4.69, 9.17) is 23.2 Å². The van der Waals surface area contributed by atoms with Gasteiger partial charge in [-0.2, -0.15) is 0 Å². The molecule has 2 aromatic carbocycles. The van der Waals surface area contributed by atoms with Crippen LogP contribution in [0.25, 0.3) is 0 Å². The number of amides is 2. The quantitative estimate of drug-likeness (QED) is 0.474. The molecule has 156 valence electrons. The monoisotopic (exact) mass is 516 g/mol. The molecular formula is C21H23BrCl2N2O2S. The highest BCUT2D eigenvalue weighted by Crippen LogP contribution is 2.25. The molecule has 1 N–H and O–H groups in total. The second kappa shape index (κ2) is 11.8. The topological polar surface area (TPSA) is 49.4 Å². The summed E-state index contributed by atoms with van der Waals surface area (Å²) in [6.07, 6.45) is 0. The van der Waals surface area contributed by atoms with Crippen molar-refractivity contribution in [3.05, 3.63) is 68.1 Å². The first-order valence-electron chi connectivity index (χ1n) is 9.15. The van der Waals surface area contributed by atoms with Gasteiger partial charge in [0.25, 0.3) is 0 Å². The second-order valence-electron chi connectivity index (χ2n) is 6.46. The molecule has 0 aromatic heterocycles. The predicted octanol–water partition coefficient (Wildman–Crippen LogP) is 5.54. The Morgan fingerprint density at radius 3 is 2.55 bits per heavy atom. The number of rotatable bonds is 9.